The van der Waals surface area contributed by atoms with Gasteiger partial charge in [0.1, 0.15) is 19.0 Å². The molecular formula is C53H67N3O11S. The third kappa shape index (κ3) is 15.8. The number of anilines is 1. The number of rotatable bonds is 28. The zero-order chi connectivity index (χ0) is 48.1. The molecule has 0 aliphatic carbocycles. The summed E-state index contributed by atoms with van der Waals surface area (Å²) in [6.45, 7) is 16.0. The van der Waals surface area contributed by atoms with E-state index in [-0.39, 0.29) is 30.6 Å². The largest absolute Gasteiger partial charge is 0.491 e. The van der Waals surface area contributed by atoms with Crippen molar-refractivity contribution in [1.29, 1.82) is 0 Å². The van der Waals surface area contributed by atoms with Crippen LogP contribution in [0.2, 0.25) is 0 Å². The monoisotopic (exact) mass is 953 g/mol. The van der Waals surface area contributed by atoms with Gasteiger partial charge in [-0.2, -0.15) is 8.42 Å². The van der Waals surface area contributed by atoms with Crippen molar-refractivity contribution in [2.45, 2.75) is 71.5 Å². The van der Waals surface area contributed by atoms with Gasteiger partial charge < -0.3 is 43.4 Å². The van der Waals surface area contributed by atoms with E-state index in [1.54, 1.807) is 12.1 Å². The van der Waals surface area contributed by atoms with Crippen LogP contribution in [0, 0.1) is 27.7 Å². The van der Waals surface area contributed by atoms with Crippen molar-refractivity contribution in [3.8, 4) is 22.8 Å². The van der Waals surface area contributed by atoms with Crippen molar-refractivity contribution < 1.29 is 50.6 Å². The predicted molar refractivity (Wildman–Crippen MR) is 262 cm³/mol. The van der Waals surface area contributed by atoms with Crippen LogP contribution in [0.15, 0.2) is 102 Å². The summed E-state index contributed by atoms with van der Waals surface area (Å²) in [5, 5.41) is 3.21. The second-order valence-electron chi connectivity index (χ2n) is 16.5. The first-order valence-electron chi connectivity index (χ1n) is 23.4. The van der Waals surface area contributed by atoms with Crippen LogP contribution < -0.4 is 19.7 Å². The molecule has 0 unspecified atom stereocenters. The van der Waals surface area contributed by atoms with E-state index in [0.29, 0.717) is 95.9 Å². The molecular weight excluding hydrogens is 887 g/mol. The summed E-state index contributed by atoms with van der Waals surface area (Å²) in [6, 6.07) is 30.9. The lowest BCUT2D eigenvalue weighted by Gasteiger charge is -2.37. The zero-order valence-electron chi connectivity index (χ0n) is 40.1. The van der Waals surface area contributed by atoms with Crippen molar-refractivity contribution >= 4 is 21.7 Å². The van der Waals surface area contributed by atoms with E-state index in [4.69, 9.17) is 42.3 Å². The number of aromatic nitrogens is 1. The number of hydrogen-bond donors (Lipinski definition) is 1. The fourth-order valence-corrected chi connectivity index (χ4v) is 8.77. The predicted octanol–water partition coefficient (Wildman–Crippen LogP) is 8.35. The van der Waals surface area contributed by atoms with Crippen LogP contribution in [0.25, 0.3) is 11.1 Å². The van der Waals surface area contributed by atoms with Crippen LogP contribution in [0.5, 0.6) is 11.6 Å². The number of nitrogens with zero attached hydrogens (tertiary/aromatic N) is 2. The summed E-state index contributed by atoms with van der Waals surface area (Å²) in [5.74, 6) is 1.07. The standard InChI is InChI=1S/C53H67N3O11S/c1-6-56(46-20-22-60-23-21-46)51-36-45(35-49(42(51)5)52(57)54-37-50-40(3)34-41(4)55-53(50)66-38-43-10-8-7-9-11-43)44-14-16-47(17-15-44)65-32-30-63-28-26-61-24-25-62-27-29-64-31-33-67-68(58,59)48-18-12-39(2)13-19-48/h7-19,34-36,46H,6,20-33,37-38H2,1-5H3,(H,54,57). The van der Waals surface area contributed by atoms with Crippen LogP contribution in [0.1, 0.15) is 63.6 Å². The van der Waals surface area contributed by atoms with E-state index in [9.17, 15) is 13.2 Å². The molecule has 68 heavy (non-hydrogen) atoms. The first-order valence-corrected chi connectivity index (χ1v) is 24.8. The van der Waals surface area contributed by atoms with Gasteiger partial charge in [0.2, 0.25) is 5.88 Å². The number of hydrogen-bond acceptors (Lipinski definition) is 13. The molecule has 5 aromatic rings. The summed E-state index contributed by atoms with van der Waals surface area (Å²) in [5.41, 5.74) is 9.18. The average molecular weight is 954 g/mol. The smallest absolute Gasteiger partial charge is 0.297 e. The van der Waals surface area contributed by atoms with Gasteiger partial charge in [0.25, 0.3) is 16.0 Å². The summed E-state index contributed by atoms with van der Waals surface area (Å²) >= 11 is 0. The normalized spacial score (nSPS) is 13.1. The van der Waals surface area contributed by atoms with Crippen molar-refractivity contribution in [2.24, 2.45) is 0 Å². The van der Waals surface area contributed by atoms with E-state index in [1.165, 1.54) is 12.1 Å². The van der Waals surface area contributed by atoms with Gasteiger partial charge in [0.05, 0.1) is 64.4 Å². The highest BCUT2D eigenvalue weighted by molar-refractivity contribution is 7.86. The van der Waals surface area contributed by atoms with Gasteiger partial charge >= 0.3 is 0 Å². The number of benzene rings is 4. The molecule has 4 aromatic carbocycles. The lowest BCUT2D eigenvalue weighted by molar-refractivity contribution is -0.00682. The Labute approximate surface area is 402 Å². The fraction of sp³-hybridized carbons (Fsp3) is 0.434. The highest BCUT2D eigenvalue weighted by atomic mass is 32.2. The Kier molecular flexibility index (Phi) is 20.6. The molecule has 1 aliphatic rings. The minimum Gasteiger partial charge on any atom is -0.491 e. The highest BCUT2D eigenvalue weighted by Crippen LogP contribution is 2.35. The molecule has 0 spiro atoms. The second-order valence-corrected chi connectivity index (χ2v) is 18.1. The topological polar surface area (TPSA) is 153 Å². The van der Waals surface area contributed by atoms with Gasteiger partial charge in [-0.25, -0.2) is 4.98 Å². The maximum Gasteiger partial charge on any atom is 0.297 e. The molecule has 0 radical (unpaired) electrons. The van der Waals surface area contributed by atoms with Gasteiger partial charge in [0.15, 0.2) is 0 Å². The van der Waals surface area contributed by atoms with Gasteiger partial charge in [-0.15, -0.1) is 0 Å². The van der Waals surface area contributed by atoms with Crippen LogP contribution in [-0.2, 0) is 51.1 Å². The Balaban J connectivity index is 0.947. The molecule has 1 amide bonds. The molecule has 366 valence electrons. The zero-order valence-corrected chi connectivity index (χ0v) is 40.9. The van der Waals surface area contributed by atoms with Crippen molar-refractivity contribution in [3.63, 3.8) is 0 Å². The van der Waals surface area contributed by atoms with E-state index >= 15 is 0 Å². The highest BCUT2D eigenvalue weighted by Gasteiger charge is 2.25. The number of amides is 1. The van der Waals surface area contributed by atoms with E-state index < -0.39 is 10.1 Å². The van der Waals surface area contributed by atoms with E-state index in [0.717, 1.165) is 69.7 Å². The third-order valence-corrected chi connectivity index (χ3v) is 12.9. The van der Waals surface area contributed by atoms with Crippen molar-refractivity contribution in [3.05, 3.63) is 136 Å². The molecule has 15 heteroatoms. The number of carbonyl (C=O) groups is 1. The van der Waals surface area contributed by atoms with Crippen molar-refractivity contribution in [2.75, 3.05) is 90.7 Å². The maximum atomic E-state index is 14.3. The molecule has 14 nitrogen and oxygen atoms in total. The fourth-order valence-electron chi connectivity index (χ4n) is 7.87. The number of ether oxygens (including phenoxy) is 7. The Morgan fingerprint density at radius 2 is 1.34 bits per heavy atom. The SMILES string of the molecule is CCN(c1cc(-c2ccc(OCCOCCOCCOCCOCCOS(=O)(=O)c3ccc(C)cc3)cc2)cc(C(=O)NCc2c(C)cc(C)nc2OCc2ccccc2)c1C)C1CCOCC1. The molecule has 1 saturated heterocycles. The molecule has 0 saturated carbocycles. The molecule has 0 bridgehead atoms. The Morgan fingerprint density at radius 3 is 1.97 bits per heavy atom. The summed E-state index contributed by atoms with van der Waals surface area (Å²) in [7, 11) is -3.81. The summed E-state index contributed by atoms with van der Waals surface area (Å²) < 4.78 is 69.6. The first kappa shape index (κ1) is 52.0. The number of pyridine rings is 1. The van der Waals surface area contributed by atoms with E-state index in [1.807, 2.05) is 94.4 Å². The van der Waals surface area contributed by atoms with Gasteiger partial charge in [-0.1, -0.05) is 60.2 Å². The Morgan fingerprint density at radius 1 is 0.721 bits per heavy atom. The number of carbonyl (C=O) groups excluding carboxylic acids is 1. The van der Waals surface area contributed by atoms with Crippen LogP contribution in [-0.4, -0.2) is 111 Å². The molecule has 1 aliphatic heterocycles. The van der Waals surface area contributed by atoms with Crippen LogP contribution in [0.4, 0.5) is 5.69 Å². The van der Waals surface area contributed by atoms with Crippen LogP contribution in [0.3, 0.4) is 0 Å². The Bertz CT molecular complexity index is 2430. The van der Waals surface area contributed by atoms with E-state index in [2.05, 4.69) is 23.2 Å². The number of nitrogens with one attached hydrogen (secondary N) is 1. The first-order chi connectivity index (χ1) is 33.0. The van der Waals surface area contributed by atoms with Crippen molar-refractivity contribution in [1.82, 2.24) is 10.3 Å². The second kappa shape index (κ2) is 27.0. The minimum absolute atomic E-state index is 0.0752. The lowest BCUT2D eigenvalue weighted by Crippen LogP contribution is -2.40. The quantitative estimate of drug-likeness (QED) is 0.0378. The molecule has 2 heterocycles. The Hall–Kier alpha value is -5.39. The average Bonchev–Trinajstić information content (AvgIpc) is 3.34. The van der Waals surface area contributed by atoms with Gasteiger partial charge in [-0.3, -0.25) is 8.98 Å². The van der Waals surface area contributed by atoms with Crippen LogP contribution >= 0.6 is 0 Å². The molecule has 6 rings (SSSR count). The summed E-state index contributed by atoms with van der Waals surface area (Å²) in [6.07, 6.45) is 1.85. The summed E-state index contributed by atoms with van der Waals surface area (Å²) in [4.78, 5) is 21.5. The van der Waals surface area contributed by atoms with Gasteiger partial charge in [-0.05, 0) is 118 Å². The molecule has 1 N–H and O–H groups in total. The maximum absolute atomic E-state index is 14.3. The molecule has 1 aromatic heterocycles. The molecule has 0 atom stereocenters. The minimum atomic E-state index is -3.81. The molecule has 1 fully saturated rings. The third-order valence-electron chi connectivity index (χ3n) is 11.6. The number of aryl methyl sites for hydroxylation is 3. The van der Waals surface area contributed by atoms with Gasteiger partial charge in [0, 0.05) is 54.9 Å². The lowest BCUT2D eigenvalue weighted by atomic mass is 9.95.